The molecule has 0 aromatic heterocycles. The molecule has 1 heterocycles. The molecule has 0 bridgehead atoms. The van der Waals surface area contributed by atoms with Crippen LogP contribution in [0.4, 0.5) is 4.39 Å². The number of hydrogen-bond donors (Lipinski definition) is 2. The lowest BCUT2D eigenvalue weighted by molar-refractivity contribution is 0.0170. The van der Waals surface area contributed by atoms with E-state index in [0.29, 0.717) is 37.3 Å². The van der Waals surface area contributed by atoms with E-state index >= 15 is 0 Å². The average molecular weight is 405 g/mol. The second kappa shape index (κ2) is 10.4. The molecule has 28 heavy (non-hydrogen) atoms. The molecule has 1 aliphatic rings. The highest BCUT2D eigenvalue weighted by atomic mass is 35.5. The molecule has 150 valence electrons. The molecule has 0 radical (unpaired) electrons. The summed E-state index contributed by atoms with van der Waals surface area (Å²) in [7, 11) is 1.74. The summed E-state index contributed by atoms with van der Waals surface area (Å²) in [5, 5.41) is 7.42. The maximum absolute atomic E-state index is 13.4. The smallest absolute Gasteiger partial charge is 0.191 e. The predicted octanol–water partition coefficient (Wildman–Crippen LogP) is 3.22. The molecule has 0 spiro atoms. The van der Waals surface area contributed by atoms with Crippen LogP contribution in [-0.4, -0.2) is 50.8 Å². The summed E-state index contributed by atoms with van der Waals surface area (Å²) >= 11 is 6.05. The number of hydrogen-bond acceptors (Lipinski definition) is 3. The van der Waals surface area contributed by atoms with Crippen LogP contribution in [0.15, 0.2) is 53.5 Å². The molecule has 1 atom stereocenters. The van der Waals surface area contributed by atoms with Gasteiger partial charge in [-0.15, -0.1) is 0 Å². The van der Waals surface area contributed by atoms with E-state index in [1.54, 1.807) is 7.05 Å². The summed E-state index contributed by atoms with van der Waals surface area (Å²) in [5.74, 6) is 0.483. The van der Waals surface area contributed by atoms with Crippen molar-refractivity contribution in [3.05, 3.63) is 70.5 Å². The fraction of sp³-hybridized carbons (Fsp3) is 0.381. The Bertz CT molecular complexity index is 778. The largest absolute Gasteiger partial charge is 0.379 e. The Morgan fingerprint density at radius 2 is 1.93 bits per heavy atom. The molecule has 1 unspecified atom stereocenters. The molecule has 7 heteroatoms. The van der Waals surface area contributed by atoms with Crippen LogP contribution < -0.4 is 10.6 Å². The zero-order chi connectivity index (χ0) is 19.8. The molecule has 0 aliphatic carbocycles. The number of rotatable bonds is 6. The van der Waals surface area contributed by atoms with E-state index in [0.717, 1.165) is 24.2 Å². The lowest BCUT2D eigenvalue weighted by Crippen LogP contribution is -2.46. The van der Waals surface area contributed by atoms with E-state index in [-0.39, 0.29) is 11.9 Å². The molecule has 1 fully saturated rings. The minimum absolute atomic E-state index is 0.106. The van der Waals surface area contributed by atoms with Crippen LogP contribution in [0, 0.1) is 5.82 Å². The first kappa shape index (κ1) is 20.6. The van der Waals surface area contributed by atoms with Gasteiger partial charge in [-0.25, -0.2) is 4.39 Å². The van der Waals surface area contributed by atoms with Crippen molar-refractivity contribution in [2.75, 3.05) is 39.9 Å². The van der Waals surface area contributed by atoms with Crippen LogP contribution in [0.25, 0.3) is 0 Å². The number of guanidine groups is 1. The van der Waals surface area contributed by atoms with Gasteiger partial charge in [0.05, 0.1) is 19.3 Å². The lowest BCUT2D eigenvalue weighted by Gasteiger charge is -2.35. The van der Waals surface area contributed by atoms with Crippen LogP contribution in [0.2, 0.25) is 5.02 Å². The lowest BCUT2D eigenvalue weighted by atomic mass is 10.0. The summed E-state index contributed by atoms with van der Waals surface area (Å²) in [6, 6.07) is 14.5. The number of aliphatic imine (C=N–C) groups is 1. The second-order valence-electron chi connectivity index (χ2n) is 6.65. The molecule has 2 aromatic rings. The van der Waals surface area contributed by atoms with Crippen molar-refractivity contribution in [2.24, 2.45) is 4.99 Å². The van der Waals surface area contributed by atoms with E-state index in [1.807, 2.05) is 36.4 Å². The Morgan fingerprint density at radius 1 is 1.18 bits per heavy atom. The highest BCUT2D eigenvalue weighted by Crippen LogP contribution is 2.21. The normalized spacial score (nSPS) is 16.6. The molecular weight excluding hydrogens is 379 g/mol. The summed E-state index contributed by atoms with van der Waals surface area (Å²) in [5.41, 5.74) is 2.15. The van der Waals surface area contributed by atoms with E-state index in [2.05, 4.69) is 20.5 Å². The number of ether oxygens (including phenoxy) is 1. The van der Waals surface area contributed by atoms with Gasteiger partial charge in [-0.2, -0.15) is 0 Å². The summed E-state index contributed by atoms with van der Waals surface area (Å²) in [6.07, 6.45) is 0. The van der Waals surface area contributed by atoms with Gasteiger partial charge in [0.2, 0.25) is 0 Å². The van der Waals surface area contributed by atoms with Crippen molar-refractivity contribution in [3.63, 3.8) is 0 Å². The van der Waals surface area contributed by atoms with Crippen molar-refractivity contribution in [2.45, 2.75) is 12.6 Å². The van der Waals surface area contributed by atoms with Gasteiger partial charge in [0, 0.05) is 38.2 Å². The summed E-state index contributed by atoms with van der Waals surface area (Å²) in [4.78, 5) is 6.66. The van der Waals surface area contributed by atoms with Gasteiger partial charge in [0.1, 0.15) is 5.82 Å². The summed E-state index contributed by atoms with van der Waals surface area (Å²) < 4.78 is 18.8. The number of nitrogens with one attached hydrogen (secondary N) is 2. The van der Waals surface area contributed by atoms with Crippen molar-refractivity contribution in [1.29, 1.82) is 0 Å². The SMILES string of the molecule is CN=C(NCc1cccc(Cl)c1)NCC(c1ccc(F)cc1)N1CCOCC1. The molecule has 1 saturated heterocycles. The van der Waals surface area contributed by atoms with Crippen molar-refractivity contribution in [1.82, 2.24) is 15.5 Å². The van der Waals surface area contributed by atoms with Crippen molar-refractivity contribution in [3.8, 4) is 0 Å². The predicted molar refractivity (Wildman–Crippen MR) is 111 cm³/mol. The fourth-order valence-electron chi connectivity index (χ4n) is 3.28. The van der Waals surface area contributed by atoms with E-state index in [1.165, 1.54) is 12.1 Å². The molecule has 2 N–H and O–H groups in total. The number of halogens is 2. The zero-order valence-corrected chi connectivity index (χ0v) is 16.8. The Labute approximate surface area is 170 Å². The number of morpholine rings is 1. The average Bonchev–Trinajstić information content (AvgIpc) is 2.72. The Hall–Kier alpha value is -2.15. The Kier molecular flexibility index (Phi) is 7.65. The van der Waals surface area contributed by atoms with Gasteiger partial charge in [-0.3, -0.25) is 9.89 Å². The van der Waals surface area contributed by atoms with Gasteiger partial charge in [0.25, 0.3) is 0 Å². The fourth-order valence-corrected chi connectivity index (χ4v) is 3.49. The molecule has 1 aliphatic heterocycles. The Balaban J connectivity index is 1.63. The minimum atomic E-state index is -0.226. The topological polar surface area (TPSA) is 48.9 Å². The van der Waals surface area contributed by atoms with Crippen molar-refractivity contribution < 1.29 is 9.13 Å². The van der Waals surface area contributed by atoms with Gasteiger partial charge in [-0.1, -0.05) is 35.9 Å². The minimum Gasteiger partial charge on any atom is -0.379 e. The standard InChI is InChI=1S/C21H26ClFN4O/c1-24-21(25-14-16-3-2-4-18(22)13-16)26-15-20(27-9-11-28-12-10-27)17-5-7-19(23)8-6-17/h2-8,13,20H,9-12,14-15H2,1H3,(H2,24,25,26). The molecule has 3 rings (SSSR count). The molecule has 0 amide bonds. The van der Waals surface area contributed by atoms with Crippen LogP contribution in [0.1, 0.15) is 17.2 Å². The first-order chi connectivity index (χ1) is 13.7. The van der Waals surface area contributed by atoms with Crippen LogP contribution in [-0.2, 0) is 11.3 Å². The number of nitrogens with zero attached hydrogens (tertiary/aromatic N) is 2. The quantitative estimate of drug-likeness (QED) is 0.573. The van der Waals surface area contributed by atoms with Gasteiger partial charge < -0.3 is 15.4 Å². The maximum atomic E-state index is 13.4. The first-order valence-electron chi connectivity index (χ1n) is 9.42. The third-order valence-electron chi connectivity index (χ3n) is 4.78. The molecule has 5 nitrogen and oxygen atoms in total. The number of benzene rings is 2. The first-order valence-corrected chi connectivity index (χ1v) is 9.80. The highest BCUT2D eigenvalue weighted by Gasteiger charge is 2.23. The second-order valence-corrected chi connectivity index (χ2v) is 7.09. The van der Waals surface area contributed by atoms with Gasteiger partial charge in [-0.05, 0) is 35.4 Å². The van der Waals surface area contributed by atoms with Crippen LogP contribution in [0.5, 0.6) is 0 Å². The third-order valence-corrected chi connectivity index (χ3v) is 5.01. The van der Waals surface area contributed by atoms with E-state index in [4.69, 9.17) is 16.3 Å². The van der Waals surface area contributed by atoms with Gasteiger partial charge >= 0.3 is 0 Å². The van der Waals surface area contributed by atoms with E-state index in [9.17, 15) is 4.39 Å². The molecule has 2 aromatic carbocycles. The molecule has 0 saturated carbocycles. The van der Waals surface area contributed by atoms with Crippen LogP contribution >= 0.6 is 11.6 Å². The monoisotopic (exact) mass is 404 g/mol. The third kappa shape index (κ3) is 5.92. The van der Waals surface area contributed by atoms with Crippen molar-refractivity contribution >= 4 is 17.6 Å². The van der Waals surface area contributed by atoms with Crippen LogP contribution in [0.3, 0.4) is 0 Å². The zero-order valence-electron chi connectivity index (χ0n) is 16.0. The molecular formula is C21H26ClFN4O. The Morgan fingerprint density at radius 3 is 2.61 bits per heavy atom. The highest BCUT2D eigenvalue weighted by molar-refractivity contribution is 6.30. The van der Waals surface area contributed by atoms with Gasteiger partial charge in [0.15, 0.2) is 5.96 Å². The maximum Gasteiger partial charge on any atom is 0.191 e. The summed E-state index contributed by atoms with van der Waals surface area (Å²) in [6.45, 7) is 4.38. The van der Waals surface area contributed by atoms with E-state index < -0.39 is 0 Å².